The van der Waals surface area contributed by atoms with Crippen molar-refractivity contribution in [3.63, 3.8) is 0 Å². The molecule has 0 aromatic heterocycles. The van der Waals surface area contributed by atoms with Crippen molar-refractivity contribution in [2.75, 3.05) is 0 Å². The van der Waals surface area contributed by atoms with Gasteiger partial charge in [0.2, 0.25) is 0 Å². The minimum atomic E-state index is 0.466. The van der Waals surface area contributed by atoms with Crippen LogP contribution in [0.1, 0.15) is 48.0 Å². The zero-order chi connectivity index (χ0) is 10.9. The van der Waals surface area contributed by atoms with Gasteiger partial charge in [-0.15, -0.1) is 0 Å². The first-order chi connectivity index (χ1) is 6.31. The molecule has 14 heavy (non-hydrogen) atoms. The highest BCUT2D eigenvalue weighted by Crippen LogP contribution is 3.01. The van der Waals surface area contributed by atoms with Crippen molar-refractivity contribution >= 4 is 0 Å². The van der Waals surface area contributed by atoms with Gasteiger partial charge in [0, 0.05) is 0 Å². The van der Waals surface area contributed by atoms with Crippen LogP contribution in [0, 0.1) is 28.1 Å². The highest BCUT2D eigenvalue weighted by atomic mass is 15.0. The smallest absolute Gasteiger partial charge is 0.00198 e. The van der Waals surface area contributed by atoms with Gasteiger partial charge in [0.1, 0.15) is 0 Å². The number of fused-ring (bicyclic) bond motifs is 1. The first-order valence-electron chi connectivity index (χ1n) is 5.97. The van der Waals surface area contributed by atoms with Crippen LogP contribution >= 0.6 is 0 Å². The Morgan fingerprint density at radius 3 is 2.00 bits per heavy atom. The van der Waals surface area contributed by atoms with E-state index in [2.05, 4.69) is 48.1 Å². The highest BCUT2D eigenvalue weighted by Gasteiger charge is 2.97. The van der Waals surface area contributed by atoms with E-state index in [0.717, 1.165) is 11.8 Å². The quantitative estimate of drug-likeness (QED) is 0.586. The van der Waals surface area contributed by atoms with Crippen molar-refractivity contribution in [3.8, 4) is 0 Å². The third kappa shape index (κ3) is 0.620. The predicted octanol–water partition coefficient (Wildman–Crippen LogP) is 4.27. The van der Waals surface area contributed by atoms with Gasteiger partial charge < -0.3 is 0 Å². The maximum atomic E-state index is 4.17. The standard InChI is InChI=1S/C14H24/c1-8-14(10(4)5)11-12(6,9(2)3)13(11,14)7/h10-11H,2,8H2,1,3-7H3. The topological polar surface area (TPSA) is 0 Å². The van der Waals surface area contributed by atoms with Crippen molar-refractivity contribution < 1.29 is 0 Å². The first kappa shape index (κ1) is 10.3. The zero-order valence-electron chi connectivity index (χ0n) is 10.6. The predicted molar refractivity (Wildman–Crippen MR) is 62.1 cm³/mol. The Labute approximate surface area is 88.8 Å². The van der Waals surface area contributed by atoms with Gasteiger partial charge >= 0.3 is 0 Å². The van der Waals surface area contributed by atoms with E-state index in [1.807, 2.05) is 0 Å². The van der Waals surface area contributed by atoms with Gasteiger partial charge in [-0.25, -0.2) is 0 Å². The Kier molecular flexibility index (Phi) is 1.67. The van der Waals surface area contributed by atoms with E-state index >= 15 is 0 Å². The molecule has 0 amide bonds. The van der Waals surface area contributed by atoms with Crippen molar-refractivity contribution in [2.45, 2.75) is 48.0 Å². The van der Waals surface area contributed by atoms with E-state index in [1.165, 1.54) is 12.0 Å². The number of rotatable bonds is 3. The number of allylic oxidation sites excluding steroid dienone is 1. The highest BCUT2D eigenvalue weighted by molar-refractivity contribution is 5.50. The summed E-state index contributed by atoms with van der Waals surface area (Å²) in [5.74, 6) is 1.75. The van der Waals surface area contributed by atoms with Crippen LogP contribution in [-0.2, 0) is 0 Å². The number of hydrogen-bond acceptors (Lipinski definition) is 0. The van der Waals surface area contributed by atoms with Crippen LogP contribution in [0.25, 0.3) is 0 Å². The van der Waals surface area contributed by atoms with E-state index in [4.69, 9.17) is 0 Å². The minimum absolute atomic E-state index is 0.466. The van der Waals surface area contributed by atoms with Gasteiger partial charge in [-0.1, -0.05) is 46.8 Å². The number of hydrogen-bond donors (Lipinski definition) is 0. The molecule has 0 aromatic carbocycles. The Bertz CT molecular complexity index is 301. The third-order valence-electron chi connectivity index (χ3n) is 6.05. The monoisotopic (exact) mass is 192 g/mol. The van der Waals surface area contributed by atoms with Crippen LogP contribution in [-0.4, -0.2) is 0 Å². The molecule has 0 N–H and O–H groups in total. The van der Waals surface area contributed by atoms with E-state index in [9.17, 15) is 0 Å². The Morgan fingerprint density at radius 1 is 1.36 bits per heavy atom. The molecule has 2 fully saturated rings. The summed E-state index contributed by atoms with van der Waals surface area (Å²) < 4.78 is 0. The summed E-state index contributed by atoms with van der Waals surface area (Å²) in [5, 5.41) is 0. The summed E-state index contributed by atoms with van der Waals surface area (Å²) in [6.45, 7) is 18.4. The van der Waals surface area contributed by atoms with Gasteiger partial charge in [0.25, 0.3) is 0 Å². The van der Waals surface area contributed by atoms with E-state index in [-0.39, 0.29) is 0 Å². The average molecular weight is 192 g/mol. The summed E-state index contributed by atoms with van der Waals surface area (Å²) in [6, 6.07) is 0. The lowest BCUT2D eigenvalue weighted by molar-refractivity contribution is 0.119. The lowest BCUT2D eigenvalue weighted by Gasteiger charge is -2.40. The molecular weight excluding hydrogens is 168 g/mol. The van der Waals surface area contributed by atoms with Gasteiger partial charge in [-0.3, -0.25) is 0 Å². The maximum Gasteiger partial charge on any atom is -0.00198 e. The molecule has 2 aliphatic rings. The molecule has 0 heteroatoms. The summed E-state index contributed by atoms with van der Waals surface area (Å²) in [7, 11) is 0. The Hall–Kier alpha value is -0.260. The molecule has 0 nitrogen and oxygen atoms in total. The fraction of sp³-hybridized carbons (Fsp3) is 0.857. The second-order valence-electron chi connectivity index (χ2n) is 6.17. The molecule has 4 atom stereocenters. The first-order valence-corrected chi connectivity index (χ1v) is 5.97. The van der Waals surface area contributed by atoms with E-state index in [0.29, 0.717) is 16.2 Å². The van der Waals surface area contributed by atoms with E-state index in [1.54, 1.807) is 0 Å². The molecule has 0 aromatic rings. The van der Waals surface area contributed by atoms with Crippen LogP contribution in [0.4, 0.5) is 0 Å². The molecule has 0 aliphatic heterocycles. The lowest BCUT2D eigenvalue weighted by Crippen LogP contribution is -2.33. The molecule has 2 saturated carbocycles. The molecule has 0 heterocycles. The zero-order valence-corrected chi connectivity index (χ0v) is 10.6. The van der Waals surface area contributed by atoms with Gasteiger partial charge in [-0.2, -0.15) is 0 Å². The van der Waals surface area contributed by atoms with Crippen molar-refractivity contribution in [1.82, 2.24) is 0 Å². The fourth-order valence-electron chi connectivity index (χ4n) is 5.04. The van der Waals surface area contributed by atoms with Crippen LogP contribution in [0.15, 0.2) is 12.2 Å². The molecule has 2 aliphatic carbocycles. The van der Waals surface area contributed by atoms with Crippen molar-refractivity contribution in [2.24, 2.45) is 28.1 Å². The fourth-order valence-corrected chi connectivity index (χ4v) is 5.04. The summed E-state index contributed by atoms with van der Waals surface area (Å²) in [5.41, 5.74) is 3.08. The molecule has 4 unspecified atom stereocenters. The molecule has 0 saturated heterocycles. The minimum Gasteiger partial charge on any atom is -0.0996 e. The maximum absolute atomic E-state index is 4.17. The molecule has 0 radical (unpaired) electrons. The van der Waals surface area contributed by atoms with Crippen LogP contribution in [0.2, 0.25) is 0 Å². The largest absolute Gasteiger partial charge is 0.0996 e. The molecule has 2 rings (SSSR count). The lowest BCUT2D eigenvalue weighted by atomic mass is 9.64. The van der Waals surface area contributed by atoms with Crippen molar-refractivity contribution in [3.05, 3.63) is 12.2 Å². The molecule has 80 valence electrons. The van der Waals surface area contributed by atoms with Crippen molar-refractivity contribution in [1.29, 1.82) is 0 Å². The van der Waals surface area contributed by atoms with Gasteiger partial charge in [0.15, 0.2) is 0 Å². The normalized spacial score (nSPS) is 54.4. The van der Waals surface area contributed by atoms with Gasteiger partial charge in [0.05, 0.1) is 0 Å². The average Bonchev–Trinajstić information content (AvgIpc) is 2.84. The summed E-state index contributed by atoms with van der Waals surface area (Å²) in [6.07, 6.45) is 1.34. The molecule has 0 spiro atoms. The van der Waals surface area contributed by atoms with Crippen LogP contribution in [0.5, 0.6) is 0 Å². The third-order valence-corrected chi connectivity index (χ3v) is 6.05. The Morgan fingerprint density at radius 2 is 1.79 bits per heavy atom. The van der Waals surface area contributed by atoms with Gasteiger partial charge in [-0.05, 0) is 41.4 Å². The van der Waals surface area contributed by atoms with Crippen LogP contribution < -0.4 is 0 Å². The molecular formula is C14H24. The SMILES string of the molecule is C=C(C)C1(C)C2C(CC)(C(C)C)C21C. The van der Waals surface area contributed by atoms with E-state index < -0.39 is 0 Å². The second kappa shape index (κ2) is 2.28. The molecule has 0 bridgehead atoms. The van der Waals surface area contributed by atoms with Crippen LogP contribution in [0.3, 0.4) is 0 Å². The Balaban J connectivity index is 2.27. The summed E-state index contributed by atoms with van der Waals surface area (Å²) in [4.78, 5) is 0. The second-order valence-corrected chi connectivity index (χ2v) is 6.17. The summed E-state index contributed by atoms with van der Waals surface area (Å²) >= 11 is 0.